The number of amides is 2. The van der Waals surface area contributed by atoms with Gasteiger partial charge in [-0.1, -0.05) is 43.1 Å². The van der Waals surface area contributed by atoms with Crippen molar-refractivity contribution in [2.75, 3.05) is 18.1 Å². The zero-order valence-corrected chi connectivity index (χ0v) is 22.6. The Hall–Kier alpha value is -3.81. The molecule has 2 heterocycles. The molecule has 12 heteroatoms. The summed E-state index contributed by atoms with van der Waals surface area (Å²) in [5.74, 6) is -4.33. The summed E-state index contributed by atoms with van der Waals surface area (Å²) in [6.07, 6.45) is -0.194. The van der Waals surface area contributed by atoms with Crippen LogP contribution in [0, 0.1) is 17.2 Å². The molecule has 0 aliphatic carbocycles. The van der Waals surface area contributed by atoms with Crippen molar-refractivity contribution in [2.45, 2.75) is 32.7 Å². The van der Waals surface area contributed by atoms with E-state index in [-0.39, 0.29) is 42.6 Å². The van der Waals surface area contributed by atoms with E-state index in [4.69, 9.17) is 27.9 Å². The van der Waals surface area contributed by atoms with Crippen LogP contribution in [0.2, 0.25) is 10.0 Å². The molecule has 2 amide bonds. The fourth-order valence-corrected chi connectivity index (χ4v) is 3.76. The minimum atomic E-state index is -3.55. The number of alkyl halides is 2. The number of pyridine rings is 2. The lowest BCUT2D eigenvalue weighted by atomic mass is 10.1. The molecule has 2 aromatic heterocycles. The van der Waals surface area contributed by atoms with Crippen molar-refractivity contribution in [3.05, 3.63) is 87.3 Å². The molecule has 0 aliphatic heterocycles. The Morgan fingerprint density at radius 2 is 1.95 bits per heavy atom. The SMILES string of the molecule is CC(C)COC(=O)N(CC(F)(F)c1ccccn1)c1ccc(C#N)c(CC(=O)NCc2cc(Cl)ccc2Cl)n1. The highest BCUT2D eigenvalue weighted by Crippen LogP contribution is 2.30. The highest BCUT2D eigenvalue weighted by molar-refractivity contribution is 6.33. The van der Waals surface area contributed by atoms with E-state index in [1.165, 1.54) is 30.5 Å². The number of benzene rings is 1. The third-order valence-corrected chi connectivity index (χ3v) is 5.93. The number of anilines is 1. The summed E-state index contributed by atoms with van der Waals surface area (Å²) in [5, 5.41) is 13.0. The molecule has 0 unspecified atom stereocenters. The third kappa shape index (κ3) is 8.34. The molecule has 0 saturated heterocycles. The number of rotatable bonds is 10. The quantitative estimate of drug-likeness (QED) is 0.322. The summed E-state index contributed by atoms with van der Waals surface area (Å²) < 4.78 is 35.5. The van der Waals surface area contributed by atoms with Gasteiger partial charge in [0.25, 0.3) is 0 Å². The smallest absolute Gasteiger partial charge is 0.415 e. The number of nitrogens with zero attached hydrogens (tertiary/aromatic N) is 4. The number of halogens is 4. The number of aromatic nitrogens is 2. The van der Waals surface area contributed by atoms with E-state index in [1.54, 1.807) is 32.0 Å². The van der Waals surface area contributed by atoms with Crippen LogP contribution in [-0.2, 0) is 28.4 Å². The van der Waals surface area contributed by atoms with Crippen LogP contribution in [-0.4, -0.2) is 35.1 Å². The Morgan fingerprint density at radius 3 is 2.62 bits per heavy atom. The number of nitriles is 1. The van der Waals surface area contributed by atoms with Gasteiger partial charge < -0.3 is 10.1 Å². The number of hydrogen-bond donors (Lipinski definition) is 1. The highest BCUT2D eigenvalue weighted by atomic mass is 35.5. The molecule has 204 valence electrons. The fraction of sp³-hybridized carbons (Fsp3) is 0.296. The Labute approximate surface area is 234 Å². The Kier molecular flexibility index (Phi) is 10.2. The standard InChI is InChI=1S/C27H25Cl2F2N5O3/c1-17(2)15-39-26(38)36(16-27(30,31)23-5-3-4-10-33-23)24-9-6-18(13-32)22(35-24)12-25(37)34-14-19-11-20(28)7-8-21(19)29/h3-11,17H,12,14-16H2,1-2H3,(H,34,37). The van der Waals surface area contributed by atoms with Gasteiger partial charge in [0.05, 0.1) is 24.3 Å². The van der Waals surface area contributed by atoms with Crippen molar-refractivity contribution in [2.24, 2.45) is 5.92 Å². The van der Waals surface area contributed by atoms with Gasteiger partial charge in [-0.25, -0.2) is 9.78 Å². The molecule has 39 heavy (non-hydrogen) atoms. The predicted molar refractivity (Wildman–Crippen MR) is 143 cm³/mol. The molecule has 0 aliphatic rings. The van der Waals surface area contributed by atoms with E-state index in [0.29, 0.717) is 20.5 Å². The second-order valence-corrected chi connectivity index (χ2v) is 9.78. The summed E-state index contributed by atoms with van der Waals surface area (Å²) >= 11 is 12.1. The lowest BCUT2D eigenvalue weighted by Crippen LogP contribution is -2.41. The molecule has 3 aromatic rings. The molecule has 0 fully saturated rings. The zero-order valence-electron chi connectivity index (χ0n) is 21.1. The van der Waals surface area contributed by atoms with Crippen LogP contribution in [0.1, 0.15) is 36.4 Å². The lowest BCUT2D eigenvalue weighted by Gasteiger charge is -2.26. The van der Waals surface area contributed by atoms with Crippen molar-refractivity contribution >= 4 is 41.0 Å². The second-order valence-electron chi connectivity index (χ2n) is 8.94. The van der Waals surface area contributed by atoms with Gasteiger partial charge in [0, 0.05) is 22.8 Å². The van der Waals surface area contributed by atoms with Gasteiger partial charge in [-0.2, -0.15) is 14.0 Å². The normalized spacial score (nSPS) is 11.1. The second kappa shape index (κ2) is 13.3. The average molecular weight is 576 g/mol. The molecular formula is C27H25Cl2F2N5O3. The van der Waals surface area contributed by atoms with E-state index in [1.807, 2.05) is 6.07 Å². The molecule has 0 saturated carbocycles. The average Bonchev–Trinajstić information content (AvgIpc) is 2.91. The number of nitrogens with one attached hydrogen (secondary N) is 1. The van der Waals surface area contributed by atoms with Gasteiger partial charge in [0.1, 0.15) is 24.1 Å². The summed E-state index contributed by atoms with van der Waals surface area (Å²) in [4.78, 5) is 34.2. The number of carbonyl (C=O) groups excluding carboxylic acids is 2. The Bertz CT molecular complexity index is 1370. The number of carbonyl (C=O) groups is 2. The predicted octanol–water partition coefficient (Wildman–Crippen LogP) is 5.90. The molecular weight excluding hydrogens is 551 g/mol. The van der Waals surface area contributed by atoms with Crippen LogP contribution in [0.25, 0.3) is 0 Å². The van der Waals surface area contributed by atoms with Crippen LogP contribution < -0.4 is 10.2 Å². The first-order valence-electron chi connectivity index (χ1n) is 11.8. The molecule has 8 nitrogen and oxygen atoms in total. The van der Waals surface area contributed by atoms with Crippen LogP contribution in [0.4, 0.5) is 19.4 Å². The minimum Gasteiger partial charge on any atom is -0.449 e. The van der Waals surface area contributed by atoms with Crippen molar-refractivity contribution in [1.82, 2.24) is 15.3 Å². The summed E-state index contributed by atoms with van der Waals surface area (Å²) in [6.45, 7) is 2.52. The zero-order chi connectivity index (χ0) is 28.6. The van der Waals surface area contributed by atoms with E-state index in [0.717, 1.165) is 6.07 Å². The molecule has 0 bridgehead atoms. The lowest BCUT2D eigenvalue weighted by molar-refractivity contribution is -0.120. The highest BCUT2D eigenvalue weighted by Gasteiger charge is 2.39. The maximum absolute atomic E-state index is 15.2. The van der Waals surface area contributed by atoms with Gasteiger partial charge in [0.15, 0.2) is 0 Å². The van der Waals surface area contributed by atoms with Crippen LogP contribution in [0.5, 0.6) is 0 Å². The Morgan fingerprint density at radius 1 is 1.18 bits per heavy atom. The van der Waals surface area contributed by atoms with E-state index in [2.05, 4.69) is 15.3 Å². The van der Waals surface area contributed by atoms with E-state index >= 15 is 8.78 Å². The first-order valence-corrected chi connectivity index (χ1v) is 12.6. The van der Waals surface area contributed by atoms with Gasteiger partial charge >= 0.3 is 12.0 Å². The summed E-state index contributed by atoms with van der Waals surface area (Å²) in [6, 6.07) is 13.3. The summed E-state index contributed by atoms with van der Waals surface area (Å²) in [5.41, 5.74) is 0.0734. The van der Waals surface area contributed by atoms with Gasteiger partial charge in [-0.15, -0.1) is 0 Å². The van der Waals surface area contributed by atoms with Gasteiger partial charge in [0.2, 0.25) is 5.91 Å². The first-order chi connectivity index (χ1) is 18.5. The van der Waals surface area contributed by atoms with Gasteiger partial charge in [-0.3, -0.25) is 14.7 Å². The molecule has 1 aromatic carbocycles. The molecule has 0 atom stereocenters. The maximum Gasteiger partial charge on any atom is 0.415 e. The van der Waals surface area contributed by atoms with Crippen molar-refractivity contribution in [3.63, 3.8) is 0 Å². The fourth-order valence-electron chi connectivity index (χ4n) is 3.38. The molecule has 3 rings (SSSR count). The molecule has 0 spiro atoms. The molecule has 0 radical (unpaired) electrons. The van der Waals surface area contributed by atoms with E-state index < -0.39 is 30.2 Å². The van der Waals surface area contributed by atoms with E-state index in [9.17, 15) is 14.9 Å². The third-order valence-electron chi connectivity index (χ3n) is 5.33. The topological polar surface area (TPSA) is 108 Å². The van der Waals surface area contributed by atoms with Crippen molar-refractivity contribution in [3.8, 4) is 6.07 Å². The maximum atomic E-state index is 15.2. The summed E-state index contributed by atoms with van der Waals surface area (Å²) in [7, 11) is 0. The van der Waals surface area contributed by atoms with Crippen LogP contribution in [0.15, 0.2) is 54.7 Å². The molecule has 1 N–H and O–H groups in total. The Balaban J connectivity index is 1.87. The first kappa shape index (κ1) is 29.7. The van der Waals surface area contributed by atoms with Crippen LogP contribution >= 0.6 is 23.2 Å². The van der Waals surface area contributed by atoms with Crippen molar-refractivity contribution < 1.29 is 23.1 Å². The number of ether oxygens (including phenoxy) is 1. The largest absolute Gasteiger partial charge is 0.449 e. The van der Waals surface area contributed by atoms with Crippen molar-refractivity contribution in [1.29, 1.82) is 5.26 Å². The minimum absolute atomic E-state index is 0.00694. The van der Waals surface area contributed by atoms with Gasteiger partial charge in [-0.05, 0) is 53.9 Å². The van der Waals surface area contributed by atoms with Crippen LogP contribution in [0.3, 0.4) is 0 Å². The number of hydrogen-bond acceptors (Lipinski definition) is 6. The monoisotopic (exact) mass is 575 g/mol.